The van der Waals surface area contributed by atoms with Gasteiger partial charge >= 0.3 is 0 Å². The number of hydrogen-bond acceptors (Lipinski definition) is 6. The van der Waals surface area contributed by atoms with Crippen LogP contribution in [0.15, 0.2) is 12.4 Å². The zero-order chi connectivity index (χ0) is 13.7. The van der Waals surface area contributed by atoms with Crippen molar-refractivity contribution in [2.24, 2.45) is 0 Å². The first kappa shape index (κ1) is 14.2. The van der Waals surface area contributed by atoms with Gasteiger partial charge in [0.25, 0.3) is 0 Å². The standard InChI is InChI=1S/C12H20N4O2S/c1-2-3-13-8-11-9-14-10-12(15-11)16-4-6-19(17,18)7-5-16/h9-10,13H,2-8H2,1H3. The molecule has 6 nitrogen and oxygen atoms in total. The first-order chi connectivity index (χ1) is 9.11. The van der Waals surface area contributed by atoms with Gasteiger partial charge in [-0.1, -0.05) is 6.92 Å². The van der Waals surface area contributed by atoms with E-state index in [-0.39, 0.29) is 11.5 Å². The quantitative estimate of drug-likeness (QED) is 0.779. The van der Waals surface area contributed by atoms with Crippen LogP contribution in [0.5, 0.6) is 0 Å². The van der Waals surface area contributed by atoms with E-state index in [1.54, 1.807) is 12.4 Å². The molecule has 0 bridgehead atoms. The maximum absolute atomic E-state index is 11.4. The van der Waals surface area contributed by atoms with E-state index >= 15 is 0 Å². The van der Waals surface area contributed by atoms with Crippen molar-refractivity contribution in [3.05, 3.63) is 18.1 Å². The summed E-state index contributed by atoms with van der Waals surface area (Å²) in [5, 5.41) is 3.28. The molecule has 0 aliphatic carbocycles. The summed E-state index contributed by atoms with van der Waals surface area (Å²) in [5.74, 6) is 1.17. The van der Waals surface area contributed by atoms with Gasteiger partial charge in [0.2, 0.25) is 0 Å². The first-order valence-electron chi connectivity index (χ1n) is 6.58. The highest BCUT2D eigenvalue weighted by Crippen LogP contribution is 2.13. The average molecular weight is 284 g/mol. The lowest BCUT2D eigenvalue weighted by Gasteiger charge is -2.27. The van der Waals surface area contributed by atoms with Crippen LogP contribution in [0.25, 0.3) is 0 Å². The molecule has 1 aliphatic heterocycles. The Hall–Kier alpha value is -1.21. The van der Waals surface area contributed by atoms with Crippen molar-refractivity contribution < 1.29 is 8.42 Å². The van der Waals surface area contributed by atoms with Gasteiger partial charge in [0.05, 0.1) is 23.4 Å². The summed E-state index contributed by atoms with van der Waals surface area (Å²) >= 11 is 0. The molecule has 0 atom stereocenters. The van der Waals surface area contributed by atoms with E-state index in [0.29, 0.717) is 19.6 Å². The van der Waals surface area contributed by atoms with E-state index < -0.39 is 9.84 Å². The largest absolute Gasteiger partial charge is 0.353 e. The fourth-order valence-electron chi connectivity index (χ4n) is 1.97. The predicted molar refractivity (Wildman–Crippen MR) is 74.9 cm³/mol. The van der Waals surface area contributed by atoms with E-state index in [0.717, 1.165) is 24.5 Å². The molecule has 0 saturated carbocycles. The fraction of sp³-hybridized carbons (Fsp3) is 0.667. The minimum absolute atomic E-state index is 0.201. The van der Waals surface area contributed by atoms with Crippen molar-refractivity contribution in [2.75, 3.05) is 36.0 Å². The Balaban J connectivity index is 1.99. The second kappa shape index (κ2) is 6.29. The average Bonchev–Trinajstić information content (AvgIpc) is 2.39. The molecular formula is C12H20N4O2S. The summed E-state index contributed by atoms with van der Waals surface area (Å²) in [6, 6.07) is 0. The van der Waals surface area contributed by atoms with E-state index in [9.17, 15) is 8.42 Å². The zero-order valence-corrected chi connectivity index (χ0v) is 12.0. The number of nitrogens with one attached hydrogen (secondary N) is 1. The third-order valence-corrected chi connectivity index (χ3v) is 4.68. The molecule has 19 heavy (non-hydrogen) atoms. The van der Waals surface area contributed by atoms with Crippen molar-refractivity contribution in [3.63, 3.8) is 0 Å². The highest BCUT2D eigenvalue weighted by molar-refractivity contribution is 7.91. The van der Waals surface area contributed by atoms with Crippen molar-refractivity contribution >= 4 is 15.7 Å². The molecule has 2 rings (SSSR count). The van der Waals surface area contributed by atoms with Gasteiger partial charge < -0.3 is 10.2 Å². The Morgan fingerprint density at radius 2 is 2.05 bits per heavy atom. The Bertz CT molecular complexity index is 504. The minimum atomic E-state index is -2.85. The van der Waals surface area contributed by atoms with Gasteiger partial charge in [-0.15, -0.1) is 0 Å². The number of nitrogens with zero attached hydrogens (tertiary/aromatic N) is 3. The molecular weight excluding hydrogens is 264 g/mol. The summed E-state index contributed by atoms with van der Waals surface area (Å²) < 4.78 is 22.8. The van der Waals surface area contributed by atoms with Crippen LogP contribution >= 0.6 is 0 Å². The number of anilines is 1. The third-order valence-electron chi connectivity index (χ3n) is 3.07. The highest BCUT2D eigenvalue weighted by Gasteiger charge is 2.22. The van der Waals surface area contributed by atoms with Gasteiger partial charge in [0.15, 0.2) is 9.84 Å². The molecule has 2 heterocycles. The molecule has 1 fully saturated rings. The molecule has 0 unspecified atom stereocenters. The summed E-state index contributed by atoms with van der Waals surface area (Å²) in [7, 11) is -2.85. The molecule has 0 radical (unpaired) electrons. The molecule has 7 heteroatoms. The number of hydrogen-bond donors (Lipinski definition) is 1. The lowest BCUT2D eigenvalue weighted by atomic mass is 10.4. The van der Waals surface area contributed by atoms with E-state index in [1.165, 1.54) is 0 Å². The molecule has 0 spiro atoms. The molecule has 1 aliphatic rings. The number of sulfone groups is 1. The predicted octanol–water partition coefficient (Wildman–Crippen LogP) is 0.211. The SMILES string of the molecule is CCCNCc1cncc(N2CCS(=O)(=O)CC2)n1. The van der Waals surface area contributed by atoms with Crippen LogP contribution in [0, 0.1) is 0 Å². The van der Waals surface area contributed by atoms with Crippen molar-refractivity contribution in [1.29, 1.82) is 0 Å². The van der Waals surface area contributed by atoms with Crippen LogP contribution in [0.1, 0.15) is 19.0 Å². The Labute approximate surface area is 114 Å². The fourth-order valence-corrected chi connectivity index (χ4v) is 3.17. The van der Waals surface area contributed by atoms with Gasteiger partial charge in [-0.25, -0.2) is 13.4 Å². The van der Waals surface area contributed by atoms with E-state index in [4.69, 9.17) is 0 Å². The van der Waals surface area contributed by atoms with Crippen LogP contribution in [-0.4, -0.2) is 49.5 Å². The Morgan fingerprint density at radius 1 is 1.32 bits per heavy atom. The molecule has 1 aromatic rings. The van der Waals surface area contributed by atoms with Crippen molar-refractivity contribution in [3.8, 4) is 0 Å². The minimum Gasteiger partial charge on any atom is -0.353 e. The second-order valence-electron chi connectivity index (χ2n) is 4.68. The van der Waals surface area contributed by atoms with Gasteiger partial charge in [-0.2, -0.15) is 0 Å². The normalized spacial score (nSPS) is 18.5. The maximum Gasteiger partial charge on any atom is 0.153 e. The summed E-state index contributed by atoms with van der Waals surface area (Å²) in [5.41, 5.74) is 0.888. The third kappa shape index (κ3) is 4.14. The molecule has 106 valence electrons. The Kier molecular flexibility index (Phi) is 4.71. The van der Waals surface area contributed by atoms with Crippen LogP contribution in [0.3, 0.4) is 0 Å². The molecule has 1 aromatic heterocycles. The first-order valence-corrected chi connectivity index (χ1v) is 8.40. The van der Waals surface area contributed by atoms with Crippen LogP contribution in [0.2, 0.25) is 0 Å². The number of aromatic nitrogens is 2. The lowest BCUT2D eigenvalue weighted by molar-refractivity contribution is 0.586. The summed E-state index contributed by atoms with van der Waals surface area (Å²) in [6.07, 6.45) is 4.52. The molecule has 0 aromatic carbocycles. The second-order valence-corrected chi connectivity index (χ2v) is 6.99. The molecule has 1 saturated heterocycles. The monoisotopic (exact) mass is 284 g/mol. The van der Waals surface area contributed by atoms with Gasteiger partial charge in [0, 0.05) is 25.8 Å². The lowest BCUT2D eigenvalue weighted by Crippen LogP contribution is -2.40. The summed E-state index contributed by atoms with van der Waals surface area (Å²) in [4.78, 5) is 10.7. The van der Waals surface area contributed by atoms with Crippen LogP contribution < -0.4 is 10.2 Å². The molecule has 0 amide bonds. The maximum atomic E-state index is 11.4. The summed E-state index contributed by atoms with van der Waals surface area (Å²) in [6.45, 7) is 4.77. The topological polar surface area (TPSA) is 75.2 Å². The zero-order valence-electron chi connectivity index (χ0n) is 11.2. The van der Waals surface area contributed by atoms with E-state index in [1.807, 2.05) is 4.90 Å². The van der Waals surface area contributed by atoms with Crippen molar-refractivity contribution in [1.82, 2.24) is 15.3 Å². The van der Waals surface area contributed by atoms with Crippen molar-refractivity contribution in [2.45, 2.75) is 19.9 Å². The Morgan fingerprint density at radius 3 is 2.74 bits per heavy atom. The van der Waals surface area contributed by atoms with Crippen LogP contribution in [-0.2, 0) is 16.4 Å². The van der Waals surface area contributed by atoms with Gasteiger partial charge in [-0.05, 0) is 13.0 Å². The van der Waals surface area contributed by atoms with E-state index in [2.05, 4.69) is 22.2 Å². The smallest absolute Gasteiger partial charge is 0.153 e. The van der Waals surface area contributed by atoms with Gasteiger partial charge in [0.1, 0.15) is 5.82 Å². The molecule has 1 N–H and O–H groups in total. The van der Waals surface area contributed by atoms with Gasteiger partial charge in [-0.3, -0.25) is 4.98 Å². The highest BCUT2D eigenvalue weighted by atomic mass is 32.2. The number of rotatable bonds is 5. The van der Waals surface area contributed by atoms with Crippen LogP contribution in [0.4, 0.5) is 5.82 Å².